The summed E-state index contributed by atoms with van der Waals surface area (Å²) in [4.78, 5) is 11.5. The molecule has 0 amide bonds. The lowest BCUT2D eigenvalue weighted by atomic mass is 9.89. The van der Waals surface area contributed by atoms with Crippen LogP contribution in [0.5, 0.6) is 5.75 Å². The van der Waals surface area contributed by atoms with Crippen molar-refractivity contribution in [1.29, 1.82) is 0 Å². The Labute approximate surface area is 145 Å². The number of nitrogens with zero attached hydrogens (tertiary/aromatic N) is 1. The van der Waals surface area contributed by atoms with E-state index in [-0.39, 0.29) is 22.1 Å². The molecule has 0 radical (unpaired) electrons. The third kappa shape index (κ3) is 2.25. The minimum absolute atomic E-state index is 0.0326. The highest BCUT2D eigenvalue weighted by Crippen LogP contribution is 2.46. The molecule has 8 heteroatoms. The Morgan fingerprint density at radius 1 is 1.38 bits per heavy atom. The standard InChI is InChI=1S/C16H18ClNO5S/c1-8-4-9-5-11(7-13(17)15(9)23-8)24(21,22)18-10-2-3-14(18)12(6-10)16(19)20/h5,7-8,10,12,14H,2-4,6H2,1H3,(H,19,20). The van der Waals surface area contributed by atoms with Gasteiger partial charge in [-0.1, -0.05) is 11.6 Å². The average Bonchev–Trinajstić information content (AvgIpc) is 3.18. The molecule has 4 rings (SSSR count). The van der Waals surface area contributed by atoms with E-state index in [4.69, 9.17) is 16.3 Å². The third-order valence-corrected chi connectivity index (χ3v) is 7.52. The Morgan fingerprint density at radius 3 is 2.79 bits per heavy atom. The van der Waals surface area contributed by atoms with E-state index in [1.165, 1.54) is 10.4 Å². The van der Waals surface area contributed by atoms with Crippen molar-refractivity contribution < 1.29 is 23.1 Å². The number of halogens is 1. The Kier molecular flexibility index (Phi) is 3.60. The molecule has 130 valence electrons. The molecule has 3 aliphatic rings. The number of benzene rings is 1. The Balaban J connectivity index is 1.74. The van der Waals surface area contributed by atoms with Crippen molar-refractivity contribution in [3.63, 3.8) is 0 Å². The highest BCUT2D eigenvalue weighted by molar-refractivity contribution is 7.89. The van der Waals surface area contributed by atoms with Crippen molar-refractivity contribution in [2.75, 3.05) is 0 Å². The zero-order chi connectivity index (χ0) is 17.2. The zero-order valence-corrected chi connectivity index (χ0v) is 14.7. The van der Waals surface area contributed by atoms with Gasteiger partial charge in [0.25, 0.3) is 0 Å². The van der Waals surface area contributed by atoms with Gasteiger partial charge in [0.15, 0.2) is 0 Å². The van der Waals surface area contributed by atoms with Gasteiger partial charge in [0.05, 0.1) is 15.8 Å². The van der Waals surface area contributed by atoms with E-state index in [1.54, 1.807) is 6.07 Å². The van der Waals surface area contributed by atoms with Crippen molar-refractivity contribution in [3.05, 3.63) is 22.7 Å². The number of carboxylic acids is 1. The maximum atomic E-state index is 13.1. The molecule has 1 aromatic rings. The molecule has 1 N–H and O–H groups in total. The SMILES string of the molecule is CC1Cc2cc(S(=O)(=O)N3C4CCC3C(C(=O)O)C4)cc(Cl)c2O1. The van der Waals surface area contributed by atoms with Crippen LogP contribution < -0.4 is 4.74 Å². The van der Waals surface area contributed by atoms with Gasteiger partial charge in [-0.2, -0.15) is 4.31 Å². The first kappa shape index (κ1) is 16.2. The van der Waals surface area contributed by atoms with Gasteiger partial charge in [0, 0.05) is 24.1 Å². The Hall–Kier alpha value is -1.31. The van der Waals surface area contributed by atoms with Gasteiger partial charge in [-0.15, -0.1) is 0 Å². The van der Waals surface area contributed by atoms with Crippen molar-refractivity contribution in [3.8, 4) is 5.75 Å². The van der Waals surface area contributed by atoms with E-state index < -0.39 is 28.0 Å². The van der Waals surface area contributed by atoms with Crippen LogP contribution in [0.25, 0.3) is 0 Å². The van der Waals surface area contributed by atoms with E-state index >= 15 is 0 Å². The fraction of sp³-hybridized carbons (Fsp3) is 0.562. The lowest BCUT2D eigenvalue weighted by Crippen LogP contribution is -2.37. The second-order valence-corrected chi connectivity index (χ2v) is 9.09. The molecule has 24 heavy (non-hydrogen) atoms. The van der Waals surface area contributed by atoms with Crippen LogP contribution in [0.1, 0.15) is 31.7 Å². The summed E-state index contributed by atoms with van der Waals surface area (Å²) in [7, 11) is -3.77. The van der Waals surface area contributed by atoms with Gasteiger partial charge in [0.2, 0.25) is 10.0 Å². The molecule has 0 aliphatic carbocycles. The van der Waals surface area contributed by atoms with E-state index in [9.17, 15) is 18.3 Å². The highest BCUT2D eigenvalue weighted by Gasteiger charge is 2.54. The average molecular weight is 372 g/mol. The van der Waals surface area contributed by atoms with Crippen LogP contribution in [0.4, 0.5) is 0 Å². The maximum Gasteiger partial charge on any atom is 0.308 e. The molecule has 4 unspecified atom stereocenters. The second-order valence-electron chi connectivity index (χ2n) is 6.84. The fourth-order valence-corrected chi connectivity index (χ4v) is 6.65. The van der Waals surface area contributed by atoms with E-state index in [0.29, 0.717) is 31.4 Å². The molecule has 0 saturated carbocycles. The highest BCUT2D eigenvalue weighted by atomic mass is 35.5. The topological polar surface area (TPSA) is 83.9 Å². The lowest BCUT2D eigenvalue weighted by molar-refractivity contribution is -0.142. The summed E-state index contributed by atoms with van der Waals surface area (Å²) in [5, 5.41) is 9.62. The summed E-state index contributed by atoms with van der Waals surface area (Å²) >= 11 is 6.22. The fourth-order valence-electron chi connectivity index (χ4n) is 4.31. The molecule has 2 bridgehead atoms. The van der Waals surface area contributed by atoms with Crippen LogP contribution in [-0.2, 0) is 21.2 Å². The first-order chi connectivity index (χ1) is 11.3. The second kappa shape index (κ2) is 5.34. The molecule has 2 fully saturated rings. The van der Waals surface area contributed by atoms with Gasteiger partial charge in [-0.05, 0) is 38.3 Å². The number of carbonyl (C=O) groups is 1. The molecule has 2 saturated heterocycles. The lowest BCUT2D eigenvalue weighted by Gasteiger charge is -2.23. The predicted molar refractivity (Wildman–Crippen MR) is 86.8 cm³/mol. The molecule has 4 atom stereocenters. The first-order valence-electron chi connectivity index (χ1n) is 8.04. The van der Waals surface area contributed by atoms with Crippen molar-refractivity contribution >= 4 is 27.6 Å². The summed E-state index contributed by atoms with van der Waals surface area (Å²) in [5.74, 6) is -0.987. The van der Waals surface area contributed by atoms with Crippen LogP contribution in [0.15, 0.2) is 17.0 Å². The van der Waals surface area contributed by atoms with E-state index in [1.807, 2.05) is 6.92 Å². The summed E-state index contributed by atoms with van der Waals surface area (Å²) < 4.78 is 33.3. The minimum Gasteiger partial charge on any atom is -0.489 e. The third-order valence-electron chi connectivity index (χ3n) is 5.29. The van der Waals surface area contributed by atoms with Crippen molar-refractivity contribution in [2.24, 2.45) is 5.92 Å². The number of aliphatic carboxylic acids is 1. The predicted octanol–water partition coefficient (Wildman–Crippen LogP) is 2.29. The summed E-state index contributed by atoms with van der Waals surface area (Å²) in [6, 6.07) is 2.34. The number of sulfonamides is 1. The molecule has 3 heterocycles. The Bertz CT molecular complexity index is 824. The van der Waals surface area contributed by atoms with Crippen LogP contribution in [0.3, 0.4) is 0 Å². The van der Waals surface area contributed by atoms with E-state index in [2.05, 4.69) is 0 Å². The summed E-state index contributed by atoms with van der Waals surface area (Å²) in [6.07, 6.45) is 2.28. The molecule has 3 aliphatic heterocycles. The number of hydrogen-bond donors (Lipinski definition) is 1. The van der Waals surface area contributed by atoms with Gasteiger partial charge < -0.3 is 9.84 Å². The minimum atomic E-state index is -3.77. The Morgan fingerprint density at radius 2 is 2.12 bits per heavy atom. The van der Waals surface area contributed by atoms with Gasteiger partial charge in [-0.25, -0.2) is 8.42 Å². The number of hydrogen-bond acceptors (Lipinski definition) is 4. The van der Waals surface area contributed by atoms with Gasteiger partial charge >= 0.3 is 5.97 Å². The number of ether oxygens (including phenoxy) is 1. The molecule has 0 spiro atoms. The quantitative estimate of drug-likeness (QED) is 0.881. The monoisotopic (exact) mass is 371 g/mol. The molecule has 1 aromatic carbocycles. The van der Waals surface area contributed by atoms with Crippen LogP contribution in [0, 0.1) is 5.92 Å². The van der Waals surface area contributed by atoms with Crippen LogP contribution in [-0.4, -0.2) is 42.0 Å². The van der Waals surface area contributed by atoms with Crippen LogP contribution >= 0.6 is 11.6 Å². The number of rotatable bonds is 3. The molecular weight excluding hydrogens is 354 g/mol. The first-order valence-corrected chi connectivity index (χ1v) is 9.86. The summed E-state index contributed by atoms with van der Waals surface area (Å²) in [6.45, 7) is 1.91. The van der Waals surface area contributed by atoms with Crippen molar-refractivity contribution in [2.45, 2.75) is 55.7 Å². The zero-order valence-electron chi connectivity index (χ0n) is 13.1. The molecular formula is C16H18ClNO5S. The molecule has 6 nitrogen and oxygen atoms in total. The van der Waals surface area contributed by atoms with Crippen LogP contribution in [0.2, 0.25) is 5.02 Å². The molecule has 0 aromatic heterocycles. The number of carboxylic acid groups (broad SMARTS) is 1. The maximum absolute atomic E-state index is 13.1. The van der Waals surface area contributed by atoms with Gasteiger partial charge in [-0.3, -0.25) is 4.79 Å². The normalized spacial score (nSPS) is 31.9. The number of fused-ring (bicyclic) bond motifs is 3. The van der Waals surface area contributed by atoms with Crippen molar-refractivity contribution in [1.82, 2.24) is 4.31 Å². The largest absolute Gasteiger partial charge is 0.489 e. The summed E-state index contributed by atoms with van der Waals surface area (Å²) in [5.41, 5.74) is 0.787. The van der Waals surface area contributed by atoms with E-state index in [0.717, 1.165) is 5.56 Å². The smallest absolute Gasteiger partial charge is 0.308 e. The van der Waals surface area contributed by atoms with Gasteiger partial charge in [0.1, 0.15) is 11.9 Å².